The van der Waals surface area contributed by atoms with Gasteiger partial charge in [-0.05, 0) is 48.8 Å². The van der Waals surface area contributed by atoms with Crippen molar-refractivity contribution in [3.8, 4) is 5.75 Å². The van der Waals surface area contributed by atoms with Gasteiger partial charge >= 0.3 is 5.97 Å². The zero-order valence-electron chi connectivity index (χ0n) is 15.8. The molecule has 0 unspecified atom stereocenters. The number of likely N-dealkylation sites (tertiary alicyclic amines) is 1. The number of esters is 1. The maximum absolute atomic E-state index is 12.6. The Balaban J connectivity index is 2.24. The van der Waals surface area contributed by atoms with Crippen molar-refractivity contribution in [3.05, 3.63) is 28.8 Å². The van der Waals surface area contributed by atoms with E-state index < -0.39 is 12.1 Å². The molecule has 1 atom stereocenters. The van der Waals surface area contributed by atoms with Crippen molar-refractivity contribution < 1.29 is 19.4 Å². The van der Waals surface area contributed by atoms with E-state index in [0.29, 0.717) is 13.1 Å². The number of carbonyl (C=O) groups is 2. The average Bonchev–Trinajstić information content (AvgIpc) is 3.07. The van der Waals surface area contributed by atoms with Crippen molar-refractivity contribution in [1.29, 1.82) is 0 Å². The minimum Gasteiger partial charge on any atom is -0.507 e. The van der Waals surface area contributed by atoms with Crippen molar-refractivity contribution in [1.82, 2.24) is 4.90 Å². The molecule has 1 aliphatic heterocycles. The van der Waals surface area contributed by atoms with E-state index in [0.717, 1.165) is 24.0 Å². The molecule has 5 nitrogen and oxygen atoms in total. The Bertz CT molecular complexity index is 645. The molecular weight excluding hydrogens is 318 g/mol. The van der Waals surface area contributed by atoms with Gasteiger partial charge in [-0.3, -0.25) is 4.79 Å². The number of phenolic OH excluding ortho intramolecular Hbond substituents is 1. The molecule has 1 heterocycles. The zero-order chi connectivity index (χ0) is 18.7. The van der Waals surface area contributed by atoms with Crippen molar-refractivity contribution in [3.63, 3.8) is 0 Å². The third-order valence-electron chi connectivity index (χ3n) is 4.72. The van der Waals surface area contributed by atoms with Gasteiger partial charge in [-0.15, -0.1) is 0 Å². The van der Waals surface area contributed by atoms with Crippen LogP contribution in [0.1, 0.15) is 80.8 Å². The predicted molar refractivity (Wildman–Crippen MR) is 97.0 cm³/mol. The van der Waals surface area contributed by atoms with Gasteiger partial charge in [0.2, 0.25) is 0 Å². The second kappa shape index (κ2) is 7.89. The molecule has 2 rings (SSSR count). The molecule has 0 spiro atoms. The topological polar surface area (TPSA) is 66.8 Å². The molecule has 5 heteroatoms. The highest BCUT2D eigenvalue weighted by molar-refractivity contribution is 5.95. The van der Waals surface area contributed by atoms with Crippen LogP contribution in [-0.2, 0) is 9.53 Å². The van der Waals surface area contributed by atoms with Crippen LogP contribution in [0.4, 0.5) is 0 Å². The van der Waals surface area contributed by atoms with Crippen molar-refractivity contribution in [2.24, 2.45) is 0 Å². The smallest absolute Gasteiger partial charge is 0.342 e. The molecule has 1 aromatic carbocycles. The molecule has 0 bridgehead atoms. The molecule has 1 amide bonds. The number of carbonyl (C=O) groups excluding carboxylic acids is 2. The maximum atomic E-state index is 12.6. The molecule has 0 aliphatic carbocycles. The molecule has 138 valence electrons. The highest BCUT2D eigenvalue weighted by atomic mass is 16.5. The SMILES string of the molecule is CC(C)c1cc(C(=O)O[C@@H](C)C(=O)N2CCCC2)c(O)c(C(C)C)c1. The summed E-state index contributed by atoms with van der Waals surface area (Å²) in [5.41, 5.74) is 1.82. The van der Waals surface area contributed by atoms with E-state index in [1.807, 2.05) is 33.8 Å². The fraction of sp³-hybridized carbons (Fsp3) is 0.600. The number of aromatic hydroxyl groups is 1. The first-order chi connectivity index (χ1) is 11.7. The van der Waals surface area contributed by atoms with Crippen LogP contribution in [0.3, 0.4) is 0 Å². The van der Waals surface area contributed by atoms with E-state index in [4.69, 9.17) is 4.74 Å². The van der Waals surface area contributed by atoms with Crippen LogP contribution in [0.2, 0.25) is 0 Å². The summed E-state index contributed by atoms with van der Waals surface area (Å²) in [7, 11) is 0. The average molecular weight is 347 g/mol. The summed E-state index contributed by atoms with van der Waals surface area (Å²) in [4.78, 5) is 26.6. The Morgan fingerprint density at radius 2 is 1.64 bits per heavy atom. The number of phenols is 1. The minimum atomic E-state index is -0.852. The third-order valence-corrected chi connectivity index (χ3v) is 4.72. The first-order valence-corrected chi connectivity index (χ1v) is 9.09. The van der Waals surface area contributed by atoms with Gasteiger partial charge in [-0.1, -0.05) is 33.8 Å². The van der Waals surface area contributed by atoms with Crippen LogP contribution < -0.4 is 0 Å². The van der Waals surface area contributed by atoms with E-state index in [9.17, 15) is 14.7 Å². The lowest BCUT2D eigenvalue weighted by Crippen LogP contribution is -2.38. The van der Waals surface area contributed by atoms with E-state index in [2.05, 4.69) is 0 Å². The van der Waals surface area contributed by atoms with Gasteiger partial charge in [0.1, 0.15) is 11.3 Å². The third kappa shape index (κ3) is 4.33. The van der Waals surface area contributed by atoms with E-state index in [-0.39, 0.29) is 29.1 Å². The van der Waals surface area contributed by atoms with Gasteiger partial charge in [0.15, 0.2) is 6.10 Å². The van der Waals surface area contributed by atoms with Gasteiger partial charge in [-0.2, -0.15) is 0 Å². The molecule has 1 N–H and O–H groups in total. The lowest BCUT2D eigenvalue weighted by molar-refractivity contribution is -0.138. The van der Waals surface area contributed by atoms with Crippen LogP contribution in [0.25, 0.3) is 0 Å². The van der Waals surface area contributed by atoms with Gasteiger partial charge < -0.3 is 14.7 Å². The molecule has 0 aromatic heterocycles. The standard InChI is InChI=1S/C20H29NO4/c1-12(2)15-10-16(13(3)4)18(22)17(11-15)20(24)25-14(5)19(23)21-8-6-7-9-21/h10-14,22H,6-9H2,1-5H3/t14-/m0/s1. The van der Waals surface area contributed by atoms with Crippen molar-refractivity contribution in [2.75, 3.05) is 13.1 Å². The predicted octanol–water partition coefficient (Wildman–Crippen LogP) is 3.81. The molecule has 1 aliphatic rings. The molecule has 25 heavy (non-hydrogen) atoms. The zero-order valence-corrected chi connectivity index (χ0v) is 15.8. The molecule has 0 saturated carbocycles. The van der Waals surface area contributed by atoms with Gasteiger partial charge in [0.05, 0.1) is 0 Å². The van der Waals surface area contributed by atoms with Crippen LogP contribution in [-0.4, -0.2) is 41.1 Å². The lowest BCUT2D eigenvalue weighted by Gasteiger charge is -2.21. The number of hydrogen-bond donors (Lipinski definition) is 1. The number of hydrogen-bond acceptors (Lipinski definition) is 4. The van der Waals surface area contributed by atoms with Gasteiger partial charge in [-0.25, -0.2) is 4.79 Å². The summed E-state index contributed by atoms with van der Waals surface area (Å²) in [6.07, 6.45) is 1.12. The highest BCUT2D eigenvalue weighted by Gasteiger charge is 2.28. The minimum absolute atomic E-state index is 0.0507. The van der Waals surface area contributed by atoms with Crippen LogP contribution >= 0.6 is 0 Å². The number of rotatable bonds is 5. The van der Waals surface area contributed by atoms with Gasteiger partial charge in [0, 0.05) is 13.1 Å². The first kappa shape index (κ1) is 19.3. The molecule has 1 saturated heterocycles. The summed E-state index contributed by atoms with van der Waals surface area (Å²) < 4.78 is 5.37. The van der Waals surface area contributed by atoms with E-state index >= 15 is 0 Å². The molecule has 1 fully saturated rings. The molecule has 1 aromatic rings. The van der Waals surface area contributed by atoms with Crippen molar-refractivity contribution in [2.45, 2.75) is 65.4 Å². The summed E-state index contributed by atoms with van der Waals surface area (Å²) in [6.45, 7) is 11.0. The summed E-state index contributed by atoms with van der Waals surface area (Å²) in [5, 5.41) is 10.5. The Morgan fingerprint density at radius 1 is 1.04 bits per heavy atom. The van der Waals surface area contributed by atoms with E-state index in [1.165, 1.54) is 0 Å². The lowest BCUT2D eigenvalue weighted by atomic mass is 9.92. The summed E-state index contributed by atoms with van der Waals surface area (Å²) in [6, 6.07) is 3.60. The van der Waals surface area contributed by atoms with Crippen LogP contribution in [0.5, 0.6) is 5.75 Å². The van der Waals surface area contributed by atoms with Crippen molar-refractivity contribution >= 4 is 11.9 Å². The Morgan fingerprint density at radius 3 is 2.16 bits per heavy atom. The number of benzene rings is 1. The normalized spacial score (nSPS) is 15.7. The highest BCUT2D eigenvalue weighted by Crippen LogP contribution is 2.33. The number of ether oxygens (including phenoxy) is 1. The Labute approximate surface area is 150 Å². The second-order valence-corrected chi connectivity index (χ2v) is 7.40. The largest absolute Gasteiger partial charge is 0.507 e. The van der Waals surface area contributed by atoms with Crippen LogP contribution in [0, 0.1) is 0 Å². The summed E-state index contributed by atoms with van der Waals surface area (Å²) >= 11 is 0. The number of amides is 1. The molecule has 0 radical (unpaired) electrons. The fourth-order valence-corrected chi connectivity index (χ4v) is 3.08. The molecular formula is C20H29NO4. The Hall–Kier alpha value is -2.04. The number of nitrogens with zero attached hydrogens (tertiary/aromatic N) is 1. The van der Waals surface area contributed by atoms with Gasteiger partial charge in [0.25, 0.3) is 5.91 Å². The monoisotopic (exact) mass is 347 g/mol. The Kier molecular flexibility index (Phi) is 6.09. The first-order valence-electron chi connectivity index (χ1n) is 9.09. The second-order valence-electron chi connectivity index (χ2n) is 7.40. The van der Waals surface area contributed by atoms with E-state index in [1.54, 1.807) is 17.9 Å². The quantitative estimate of drug-likeness (QED) is 0.823. The fourth-order valence-electron chi connectivity index (χ4n) is 3.08. The maximum Gasteiger partial charge on any atom is 0.342 e. The van der Waals surface area contributed by atoms with Crippen LogP contribution in [0.15, 0.2) is 12.1 Å². The summed E-state index contributed by atoms with van der Waals surface area (Å²) in [5.74, 6) is -0.580.